The number of hydrogen-bond donors (Lipinski definition) is 1. The maximum atomic E-state index is 12.1. The minimum atomic E-state index is -0.218. The third kappa shape index (κ3) is 5.95. The molecular weight excluding hydrogens is 286 g/mol. The maximum absolute atomic E-state index is 12.1. The van der Waals surface area contributed by atoms with Gasteiger partial charge in [-0.15, -0.1) is 0 Å². The van der Waals surface area contributed by atoms with Crippen molar-refractivity contribution in [3.63, 3.8) is 0 Å². The number of rotatable bonds is 9. The number of likely N-dealkylation sites (tertiary alicyclic amines) is 1. The summed E-state index contributed by atoms with van der Waals surface area (Å²) >= 11 is 0. The molecular formula is C20H35NO2. The molecule has 1 aliphatic carbocycles. The van der Waals surface area contributed by atoms with E-state index in [-0.39, 0.29) is 12.0 Å². The average Bonchev–Trinajstić information content (AvgIpc) is 2.93. The van der Waals surface area contributed by atoms with Crippen LogP contribution in [-0.4, -0.2) is 34.6 Å². The number of carbonyl (C=O) groups is 1. The molecule has 2 aliphatic rings. The fourth-order valence-corrected chi connectivity index (χ4v) is 4.06. The summed E-state index contributed by atoms with van der Waals surface area (Å²) in [6, 6.07) is 0.360. The fourth-order valence-electron chi connectivity index (χ4n) is 4.06. The molecule has 1 amide bonds. The molecule has 2 atom stereocenters. The zero-order valence-corrected chi connectivity index (χ0v) is 14.9. The lowest BCUT2D eigenvalue weighted by Crippen LogP contribution is -2.36. The number of aliphatic hydroxyl groups excluding tert-OH is 1. The molecule has 1 saturated heterocycles. The van der Waals surface area contributed by atoms with Gasteiger partial charge in [0.15, 0.2) is 0 Å². The molecule has 2 unspecified atom stereocenters. The topological polar surface area (TPSA) is 40.5 Å². The van der Waals surface area contributed by atoms with Crippen LogP contribution in [0.3, 0.4) is 0 Å². The van der Waals surface area contributed by atoms with Crippen LogP contribution in [-0.2, 0) is 4.79 Å². The summed E-state index contributed by atoms with van der Waals surface area (Å²) in [4.78, 5) is 14.2. The lowest BCUT2D eigenvalue weighted by atomic mass is 9.84. The van der Waals surface area contributed by atoms with E-state index >= 15 is 0 Å². The van der Waals surface area contributed by atoms with E-state index in [4.69, 9.17) is 0 Å². The average molecular weight is 322 g/mol. The Morgan fingerprint density at radius 1 is 1.22 bits per heavy atom. The van der Waals surface area contributed by atoms with Gasteiger partial charge >= 0.3 is 0 Å². The summed E-state index contributed by atoms with van der Waals surface area (Å²) in [5.41, 5.74) is 0. The Morgan fingerprint density at radius 3 is 2.74 bits per heavy atom. The lowest BCUT2D eigenvalue weighted by molar-refractivity contribution is -0.129. The van der Waals surface area contributed by atoms with Gasteiger partial charge in [0.1, 0.15) is 0 Å². The van der Waals surface area contributed by atoms with E-state index in [9.17, 15) is 9.90 Å². The summed E-state index contributed by atoms with van der Waals surface area (Å²) < 4.78 is 0. The second-order valence-electron chi connectivity index (χ2n) is 7.38. The van der Waals surface area contributed by atoms with Crippen LogP contribution in [0, 0.1) is 5.92 Å². The molecule has 1 aliphatic heterocycles. The first-order valence-electron chi connectivity index (χ1n) is 9.85. The number of carbonyl (C=O) groups excluding carboxylic acids is 1. The van der Waals surface area contributed by atoms with Gasteiger partial charge in [-0.05, 0) is 44.4 Å². The molecule has 0 bridgehead atoms. The van der Waals surface area contributed by atoms with Gasteiger partial charge in [0.05, 0.1) is 6.10 Å². The first-order chi connectivity index (χ1) is 11.2. The monoisotopic (exact) mass is 321 g/mol. The van der Waals surface area contributed by atoms with Crippen molar-refractivity contribution in [1.82, 2.24) is 4.90 Å². The van der Waals surface area contributed by atoms with Gasteiger partial charge in [0.2, 0.25) is 5.91 Å². The molecule has 1 heterocycles. The second kappa shape index (κ2) is 10.1. The van der Waals surface area contributed by atoms with Crippen LogP contribution in [0.25, 0.3) is 0 Å². The second-order valence-corrected chi connectivity index (χ2v) is 7.38. The Bertz CT molecular complexity index is 374. The van der Waals surface area contributed by atoms with Crippen LogP contribution in [0.2, 0.25) is 0 Å². The number of hydrogen-bond acceptors (Lipinski definition) is 2. The highest BCUT2D eigenvalue weighted by atomic mass is 16.3. The van der Waals surface area contributed by atoms with Gasteiger partial charge < -0.3 is 10.0 Å². The first-order valence-corrected chi connectivity index (χ1v) is 9.85. The molecule has 23 heavy (non-hydrogen) atoms. The van der Waals surface area contributed by atoms with Crippen molar-refractivity contribution < 1.29 is 9.90 Å². The van der Waals surface area contributed by atoms with Crippen molar-refractivity contribution in [2.75, 3.05) is 6.54 Å². The zero-order chi connectivity index (χ0) is 16.5. The first kappa shape index (κ1) is 18.5. The molecule has 2 fully saturated rings. The maximum Gasteiger partial charge on any atom is 0.222 e. The normalized spacial score (nSPS) is 24.7. The molecule has 3 heteroatoms. The predicted octanol–water partition coefficient (Wildman–Crippen LogP) is 4.45. The van der Waals surface area contributed by atoms with E-state index in [0.717, 1.165) is 32.2 Å². The molecule has 0 spiro atoms. The molecule has 0 aromatic heterocycles. The molecule has 1 N–H and O–H groups in total. The quantitative estimate of drug-likeness (QED) is 0.503. The molecule has 2 rings (SSSR count). The number of aliphatic hydroxyl groups is 1. The largest absolute Gasteiger partial charge is 0.393 e. The lowest BCUT2D eigenvalue weighted by Gasteiger charge is -2.30. The van der Waals surface area contributed by atoms with Crippen molar-refractivity contribution in [2.24, 2.45) is 5.92 Å². The van der Waals surface area contributed by atoms with E-state index in [1.807, 2.05) is 4.90 Å². The van der Waals surface area contributed by atoms with Crippen molar-refractivity contribution in [1.29, 1.82) is 0 Å². The van der Waals surface area contributed by atoms with Gasteiger partial charge in [-0.3, -0.25) is 4.79 Å². The number of nitrogens with zero attached hydrogens (tertiary/aromatic N) is 1. The molecule has 0 radical (unpaired) electrons. The fraction of sp³-hybridized carbons (Fsp3) is 0.850. The van der Waals surface area contributed by atoms with Gasteiger partial charge in [-0.25, -0.2) is 0 Å². The minimum absolute atomic E-state index is 0.218. The van der Waals surface area contributed by atoms with Crippen molar-refractivity contribution in [3.8, 4) is 0 Å². The molecule has 132 valence electrons. The summed E-state index contributed by atoms with van der Waals surface area (Å²) in [7, 11) is 0. The summed E-state index contributed by atoms with van der Waals surface area (Å²) in [5.74, 6) is 0.752. The molecule has 1 saturated carbocycles. The Labute approximate surface area is 142 Å². The summed E-state index contributed by atoms with van der Waals surface area (Å²) in [5, 5.41) is 10.4. The zero-order valence-electron chi connectivity index (χ0n) is 14.9. The standard InChI is InChI=1S/C20H35NO2/c1-2-3-4-5-9-12-18-13-14-20(23)21(18)16-15-19(22)17-10-7-6-8-11-17/h5,9,17-19,22H,2-4,6-8,10-16H2,1H3/b9-5+. The van der Waals surface area contributed by atoms with E-state index < -0.39 is 0 Å². The smallest absolute Gasteiger partial charge is 0.222 e. The molecule has 0 aromatic carbocycles. The van der Waals surface area contributed by atoms with Crippen LogP contribution in [0.5, 0.6) is 0 Å². The Kier molecular flexibility index (Phi) is 8.14. The van der Waals surface area contributed by atoms with Crippen LogP contribution < -0.4 is 0 Å². The minimum Gasteiger partial charge on any atom is -0.393 e. The third-order valence-electron chi connectivity index (χ3n) is 5.61. The van der Waals surface area contributed by atoms with E-state index in [1.165, 1.54) is 44.9 Å². The Balaban J connectivity index is 1.74. The van der Waals surface area contributed by atoms with Crippen LogP contribution in [0.4, 0.5) is 0 Å². The summed E-state index contributed by atoms with van der Waals surface area (Å²) in [6.07, 6.45) is 17.5. The Hall–Kier alpha value is -0.830. The van der Waals surface area contributed by atoms with Crippen molar-refractivity contribution in [3.05, 3.63) is 12.2 Å². The van der Waals surface area contributed by atoms with E-state index in [2.05, 4.69) is 19.1 Å². The van der Waals surface area contributed by atoms with E-state index in [0.29, 0.717) is 18.4 Å². The van der Waals surface area contributed by atoms with Crippen molar-refractivity contribution >= 4 is 5.91 Å². The molecule has 0 aromatic rings. The number of allylic oxidation sites excluding steroid dienone is 1. The number of unbranched alkanes of at least 4 members (excludes halogenated alkanes) is 2. The van der Waals surface area contributed by atoms with Crippen LogP contribution >= 0.6 is 0 Å². The van der Waals surface area contributed by atoms with Gasteiger partial charge in [-0.1, -0.05) is 51.2 Å². The van der Waals surface area contributed by atoms with Crippen LogP contribution in [0.15, 0.2) is 12.2 Å². The van der Waals surface area contributed by atoms with Gasteiger partial charge in [0, 0.05) is 19.0 Å². The Morgan fingerprint density at radius 2 is 2.00 bits per heavy atom. The van der Waals surface area contributed by atoms with Gasteiger partial charge in [0.25, 0.3) is 0 Å². The van der Waals surface area contributed by atoms with Crippen LogP contribution in [0.1, 0.15) is 84.0 Å². The highest BCUT2D eigenvalue weighted by Gasteiger charge is 2.31. The summed E-state index contributed by atoms with van der Waals surface area (Å²) in [6.45, 7) is 2.95. The molecule has 3 nitrogen and oxygen atoms in total. The predicted molar refractivity (Wildman–Crippen MR) is 95.2 cm³/mol. The highest BCUT2D eigenvalue weighted by Crippen LogP contribution is 2.29. The SMILES string of the molecule is CCCC/C=C/CC1CCC(=O)N1CCC(O)C1CCCCC1. The van der Waals surface area contributed by atoms with Gasteiger partial charge in [-0.2, -0.15) is 0 Å². The number of amides is 1. The highest BCUT2D eigenvalue weighted by molar-refractivity contribution is 5.78. The third-order valence-corrected chi connectivity index (χ3v) is 5.61. The van der Waals surface area contributed by atoms with Crippen molar-refractivity contribution in [2.45, 2.75) is 96.1 Å². The van der Waals surface area contributed by atoms with E-state index in [1.54, 1.807) is 0 Å².